The van der Waals surface area contributed by atoms with Gasteiger partial charge < -0.3 is 5.73 Å². The van der Waals surface area contributed by atoms with E-state index in [1.807, 2.05) is 6.07 Å². The Morgan fingerprint density at radius 1 is 1.50 bits per heavy atom. The minimum absolute atomic E-state index is 0.0248. The molecule has 1 unspecified atom stereocenters. The van der Waals surface area contributed by atoms with Crippen LogP contribution in [0.1, 0.15) is 11.6 Å². The maximum atomic E-state index is 10.7. The highest BCUT2D eigenvalue weighted by atomic mass is 32.2. The van der Waals surface area contributed by atoms with Crippen LogP contribution in [0, 0.1) is 21.4 Å². The van der Waals surface area contributed by atoms with Gasteiger partial charge in [-0.3, -0.25) is 20.5 Å². The molecule has 8 nitrogen and oxygen atoms in total. The SMILES string of the molecule is N#CC1=C(N)N=C2SC(=S)NN2C1c1ccc([N+](=O)[O-])cc1. The Hall–Kier alpha value is -2.64. The number of nitriles is 1. The van der Waals surface area contributed by atoms with Gasteiger partial charge in [-0.05, 0) is 29.5 Å². The summed E-state index contributed by atoms with van der Waals surface area (Å²) in [6, 6.07) is 7.45. The van der Waals surface area contributed by atoms with Crippen LogP contribution in [0.25, 0.3) is 0 Å². The smallest absolute Gasteiger partial charge is 0.269 e. The number of fused-ring (bicyclic) bond motifs is 1. The Morgan fingerprint density at radius 3 is 2.77 bits per heavy atom. The van der Waals surface area contributed by atoms with Crippen molar-refractivity contribution in [1.29, 1.82) is 5.26 Å². The largest absolute Gasteiger partial charge is 0.383 e. The Labute approximate surface area is 134 Å². The van der Waals surface area contributed by atoms with E-state index >= 15 is 0 Å². The number of nitro benzene ring substituents is 1. The predicted octanol–water partition coefficient (Wildman–Crippen LogP) is 1.54. The lowest BCUT2D eigenvalue weighted by Gasteiger charge is -2.31. The van der Waals surface area contributed by atoms with Gasteiger partial charge in [0.05, 0.1) is 4.92 Å². The first kappa shape index (κ1) is 14.3. The van der Waals surface area contributed by atoms with Crippen molar-refractivity contribution in [2.75, 3.05) is 0 Å². The van der Waals surface area contributed by atoms with E-state index in [0.29, 0.717) is 15.1 Å². The molecule has 0 amide bonds. The zero-order chi connectivity index (χ0) is 15.9. The van der Waals surface area contributed by atoms with E-state index in [1.54, 1.807) is 17.1 Å². The number of non-ortho nitro benzene ring substituents is 1. The third kappa shape index (κ3) is 2.26. The summed E-state index contributed by atoms with van der Waals surface area (Å²) in [4.78, 5) is 14.4. The molecule has 2 aliphatic rings. The van der Waals surface area contributed by atoms with Crippen molar-refractivity contribution in [3.8, 4) is 6.07 Å². The summed E-state index contributed by atoms with van der Waals surface area (Å²) in [7, 11) is 0. The van der Waals surface area contributed by atoms with E-state index < -0.39 is 11.0 Å². The molecule has 1 aromatic carbocycles. The van der Waals surface area contributed by atoms with Crippen LogP contribution in [0.3, 0.4) is 0 Å². The maximum absolute atomic E-state index is 10.7. The van der Waals surface area contributed by atoms with Crippen LogP contribution in [-0.4, -0.2) is 19.4 Å². The van der Waals surface area contributed by atoms with Gasteiger partial charge in [-0.1, -0.05) is 12.2 Å². The molecule has 1 fully saturated rings. The van der Waals surface area contributed by atoms with Gasteiger partial charge >= 0.3 is 0 Å². The van der Waals surface area contributed by atoms with Crippen molar-refractivity contribution in [1.82, 2.24) is 10.4 Å². The molecule has 0 aromatic heterocycles. The zero-order valence-corrected chi connectivity index (χ0v) is 12.5. The molecule has 1 saturated heterocycles. The highest BCUT2D eigenvalue weighted by molar-refractivity contribution is 8.33. The highest BCUT2D eigenvalue weighted by Crippen LogP contribution is 2.37. The van der Waals surface area contributed by atoms with Crippen LogP contribution < -0.4 is 11.2 Å². The van der Waals surface area contributed by atoms with Gasteiger partial charge in [-0.2, -0.15) is 5.26 Å². The molecule has 1 aromatic rings. The summed E-state index contributed by atoms with van der Waals surface area (Å²) < 4.78 is 0.498. The Kier molecular flexibility index (Phi) is 3.44. The first-order valence-electron chi connectivity index (χ1n) is 6.01. The molecule has 110 valence electrons. The number of nitrogens with one attached hydrogen (secondary N) is 1. The molecule has 1 atom stereocenters. The summed E-state index contributed by atoms with van der Waals surface area (Å²) in [5.74, 6) is 0.121. The van der Waals surface area contributed by atoms with E-state index in [9.17, 15) is 15.4 Å². The van der Waals surface area contributed by atoms with Crippen LogP contribution in [0.15, 0.2) is 40.7 Å². The number of nitrogens with zero attached hydrogens (tertiary/aromatic N) is 4. The predicted molar refractivity (Wildman–Crippen MR) is 85.3 cm³/mol. The molecule has 3 N–H and O–H groups in total. The van der Waals surface area contributed by atoms with Crippen LogP contribution in [0.2, 0.25) is 0 Å². The quantitative estimate of drug-likeness (QED) is 0.475. The number of hydrogen-bond donors (Lipinski definition) is 2. The molecular formula is C12H8N6O2S2. The molecular weight excluding hydrogens is 324 g/mol. The number of nitrogens with two attached hydrogens (primary N) is 1. The summed E-state index contributed by atoms with van der Waals surface area (Å²) in [6.07, 6.45) is 0. The normalized spacial score (nSPS) is 20.1. The molecule has 10 heteroatoms. The fourth-order valence-corrected chi connectivity index (χ4v) is 3.22. The average molecular weight is 332 g/mol. The van der Waals surface area contributed by atoms with Gasteiger partial charge in [0.2, 0.25) is 0 Å². The van der Waals surface area contributed by atoms with E-state index in [2.05, 4.69) is 10.4 Å². The molecule has 0 radical (unpaired) electrons. The molecule has 2 heterocycles. The van der Waals surface area contributed by atoms with Gasteiger partial charge in [0.15, 0.2) is 9.49 Å². The number of hydrogen-bond acceptors (Lipinski definition) is 8. The second-order valence-corrected chi connectivity index (χ2v) is 6.07. The topological polar surface area (TPSA) is 121 Å². The fourth-order valence-electron chi connectivity index (χ4n) is 2.20. The number of thiocarbonyl (C=S) groups is 1. The third-order valence-corrected chi connectivity index (χ3v) is 4.25. The van der Waals surface area contributed by atoms with E-state index in [4.69, 9.17) is 18.0 Å². The average Bonchev–Trinajstić information content (AvgIpc) is 2.85. The Morgan fingerprint density at radius 2 is 2.18 bits per heavy atom. The van der Waals surface area contributed by atoms with Crippen molar-refractivity contribution in [3.63, 3.8) is 0 Å². The van der Waals surface area contributed by atoms with Gasteiger partial charge in [-0.15, -0.1) is 0 Å². The fraction of sp³-hybridized carbons (Fsp3) is 0.0833. The Bertz CT molecular complexity index is 780. The summed E-state index contributed by atoms with van der Waals surface area (Å²) in [5.41, 5.74) is 9.71. The number of rotatable bonds is 2. The number of benzene rings is 1. The standard InChI is InChI=1S/C12H8N6O2S2/c13-5-8-9(6-1-3-7(4-2-6)18(19)20)17-11(15-10(8)14)22-12(21)16-17/h1-4,9H,14H2,(H,16,21). The van der Waals surface area contributed by atoms with E-state index in [1.165, 1.54) is 23.9 Å². The monoisotopic (exact) mass is 332 g/mol. The minimum Gasteiger partial charge on any atom is -0.383 e. The lowest BCUT2D eigenvalue weighted by Crippen LogP contribution is -2.42. The van der Waals surface area contributed by atoms with Crippen molar-refractivity contribution in [2.24, 2.45) is 10.7 Å². The van der Waals surface area contributed by atoms with Crippen molar-refractivity contribution in [2.45, 2.75) is 6.04 Å². The highest BCUT2D eigenvalue weighted by Gasteiger charge is 2.38. The molecule has 0 spiro atoms. The van der Waals surface area contributed by atoms with Gasteiger partial charge in [0.1, 0.15) is 23.5 Å². The van der Waals surface area contributed by atoms with Crippen molar-refractivity contribution in [3.05, 3.63) is 51.3 Å². The van der Waals surface area contributed by atoms with Gasteiger partial charge in [-0.25, -0.2) is 4.99 Å². The lowest BCUT2D eigenvalue weighted by atomic mass is 9.98. The lowest BCUT2D eigenvalue weighted by molar-refractivity contribution is -0.384. The summed E-state index contributed by atoms with van der Waals surface area (Å²) >= 11 is 6.34. The number of hydrazine groups is 1. The van der Waals surface area contributed by atoms with E-state index in [-0.39, 0.29) is 17.1 Å². The number of aliphatic imine (C=N–C) groups is 1. The van der Waals surface area contributed by atoms with Crippen LogP contribution in [-0.2, 0) is 0 Å². The number of nitro groups is 1. The molecule has 22 heavy (non-hydrogen) atoms. The Balaban J connectivity index is 2.06. The summed E-state index contributed by atoms with van der Waals surface area (Å²) in [6.45, 7) is 0. The summed E-state index contributed by atoms with van der Waals surface area (Å²) in [5, 5.41) is 22.3. The molecule has 0 aliphatic carbocycles. The number of thioether (sulfide) groups is 1. The molecule has 0 bridgehead atoms. The number of amidine groups is 1. The second kappa shape index (κ2) is 5.28. The maximum Gasteiger partial charge on any atom is 0.269 e. The van der Waals surface area contributed by atoms with Crippen LogP contribution in [0.5, 0.6) is 0 Å². The second-order valence-electron chi connectivity index (χ2n) is 4.43. The van der Waals surface area contributed by atoms with Crippen LogP contribution in [0.4, 0.5) is 5.69 Å². The third-order valence-electron chi connectivity index (χ3n) is 3.17. The van der Waals surface area contributed by atoms with Crippen molar-refractivity contribution < 1.29 is 4.92 Å². The zero-order valence-electron chi connectivity index (χ0n) is 10.9. The van der Waals surface area contributed by atoms with Gasteiger partial charge in [0.25, 0.3) is 5.69 Å². The molecule has 0 saturated carbocycles. The van der Waals surface area contributed by atoms with Gasteiger partial charge in [0, 0.05) is 12.1 Å². The van der Waals surface area contributed by atoms with Crippen LogP contribution >= 0.6 is 24.0 Å². The minimum atomic E-state index is -0.536. The molecule has 3 rings (SSSR count). The molecule has 2 aliphatic heterocycles. The first-order chi connectivity index (χ1) is 10.5. The van der Waals surface area contributed by atoms with E-state index in [0.717, 1.165) is 0 Å². The first-order valence-corrected chi connectivity index (χ1v) is 7.24. The van der Waals surface area contributed by atoms with Crippen molar-refractivity contribution >= 4 is 39.2 Å².